The minimum atomic E-state index is -1.23. The van der Waals surface area contributed by atoms with E-state index in [1.54, 1.807) is 24.0 Å². The van der Waals surface area contributed by atoms with Gasteiger partial charge in [-0.3, -0.25) is 9.59 Å². The summed E-state index contributed by atoms with van der Waals surface area (Å²) in [4.78, 5) is 38.9. The highest BCUT2D eigenvalue weighted by Crippen LogP contribution is 2.47. The SMILES string of the molecule is CCOC(=O)C1C(=O)C(=O)c2ccc(Br)c(OC)c2N1C1CC1. The van der Waals surface area contributed by atoms with Crippen LogP contribution in [0.3, 0.4) is 0 Å². The van der Waals surface area contributed by atoms with Crippen molar-refractivity contribution in [1.29, 1.82) is 0 Å². The zero-order valence-corrected chi connectivity index (χ0v) is 14.4. The van der Waals surface area contributed by atoms with Crippen LogP contribution in [-0.4, -0.2) is 43.3 Å². The van der Waals surface area contributed by atoms with Crippen LogP contribution in [-0.2, 0) is 14.3 Å². The highest BCUT2D eigenvalue weighted by atomic mass is 79.9. The van der Waals surface area contributed by atoms with Crippen molar-refractivity contribution in [3.05, 3.63) is 22.2 Å². The second kappa shape index (κ2) is 5.96. The Hall–Kier alpha value is -1.89. The molecule has 1 aromatic carbocycles. The summed E-state index contributed by atoms with van der Waals surface area (Å²) in [5.74, 6) is -1.66. The molecule has 0 spiro atoms. The van der Waals surface area contributed by atoms with Gasteiger partial charge >= 0.3 is 5.97 Å². The third kappa shape index (κ3) is 2.52. The predicted molar refractivity (Wildman–Crippen MR) is 86.0 cm³/mol. The molecule has 2 aliphatic rings. The molecule has 0 amide bonds. The Balaban J connectivity index is 2.20. The van der Waals surface area contributed by atoms with E-state index in [1.807, 2.05) is 0 Å². The first kappa shape index (κ1) is 16.0. The molecule has 6 nitrogen and oxygen atoms in total. The average molecular weight is 382 g/mol. The van der Waals surface area contributed by atoms with Gasteiger partial charge in [0.1, 0.15) is 0 Å². The number of rotatable bonds is 4. The first-order chi connectivity index (χ1) is 11.0. The van der Waals surface area contributed by atoms with Crippen LogP contribution >= 0.6 is 15.9 Å². The summed E-state index contributed by atoms with van der Waals surface area (Å²) in [6.45, 7) is 1.82. The van der Waals surface area contributed by atoms with Gasteiger partial charge in [0, 0.05) is 6.04 Å². The molecule has 1 heterocycles. The lowest BCUT2D eigenvalue weighted by molar-refractivity contribution is -0.147. The van der Waals surface area contributed by atoms with Crippen LogP contribution in [0.4, 0.5) is 5.69 Å². The summed E-state index contributed by atoms with van der Waals surface area (Å²) in [6, 6.07) is 2.05. The molecule has 0 saturated heterocycles. The van der Waals surface area contributed by atoms with Gasteiger partial charge in [-0.15, -0.1) is 0 Å². The van der Waals surface area contributed by atoms with Crippen molar-refractivity contribution in [2.75, 3.05) is 18.6 Å². The Morgan fingerprint density at radius 2 is 2.04 bits per heavy atom. The van der Waals surface area contributed by atoms with Crippen LogP contribution in [0.15, 0.2) is 16.6 Å². The molecule has 7 heteroatoms. The minimum Gasteiger partial charge on any atom is -0.493 e. The van der Waals surface area contributed by atoms with E-state index in [0.29, 0.717) is 15.9 Å². The summed E-state index contributed by atoms with van der Waals surface area (Å²) in [7, 11) is 1.49. The quantitative estimate of drug-likeness (QED) is 0.451. The Kier molecular flexibility index (Phi) is 4.14. The molecule has 1 aromatic rings. The Labute approximate surface area is 141 Å². The molecule has 1 unspecified atom stereocenters. The van der Waals surface area contributed by atoms with Crippen LogP contribution in [0.1, 0.15) is 30.1 Å². The van der Waals surface area contributed by atoms with E-state index in [0.717, 1.165) is 12.8 Å². The Morgan fingerprint density at radius 3 is 2.61 bits per heavy atom. The zero-order chi connectivity index (χ0) is 16.7. The molecule has 1 aliphatic heterocycles. The minimum absolute atomic E-state index is 0.0309. The number of nitrogens with zero attached hydrogens (tertiary/aromatic N) is 1. The van der Waals surface area contributed by atoms with Crippen molar-refractivity contribution in [2.45, 2.75) is 31.8 Å². The van der Waals surface area contributed by atoms with Gasteiger partial charge in [0.05, 0.1) is 29.4 Å². The van der Waals surface area contributed by atoms with Gasteiger partial charge in [-0.25, -0.2) is 4.79 Å². The Bertz CT molecular complexity index is 698. The monoisotopic (exact) mass is 381 g/mol. The number of esters is 1. The molecule has 0 aromatic heterocycles. The van der Waals surface area contributed by atoms with Crippen LogP contribution < -0.4 is 9.64 Å². The number of hydrogen-bond acceptors (Lipinski definition) is 6. The maximum absolute atomic E-state index is 12.5. The van der Waals surface area contributed by atoms with Gasteiger partial charge in [0.25, 0.3) is 0 Å². The number of anilines is 1. The first-order valence-corrected chi connectivity index (χ1v) is 8.20. The number of ketones is 2. The van der Waals surface area contributed by atoms with Crippen molar-refractivity contribution in [3.8, 4) is 5.75 Å². The summed E-state index contributed by atoms with van der Waals surface area (Å²) in [5.41, 5.74) is 0.759. The third-order valence-electron chi connectivity index (χ3n) is 3.99. The average Bonchev–Trinajstić information content (AvgIpc) is 3.35. The number of fused-ring (bicyclic) bond motifs is 1. The van der Waals surface area contributed by atoms with Gasteiger partial charge < -0.3 is 14.4 Å². The van der Waals surface area contributed by atoms with Crippen LogP contribution in [0.25, 0.3) is 0 Å². The van der Waals surface area contributed by atoms with Crippen LogP contribution in [0.2, 0.25) is 0 Å². The molecule has 1 aliphatic carbocycles. The lowest BCUT2D eigenvalue weighted by atomic mass is 9.92. The van der Waals surface area contributed by atoms with E-state index in [2.05, 4.69) is 15.9 Å². The molecule has 1 saturated carbocycles. The number of carbonyl (C=O) groups is 3. The van der Waals surface area contributed by atoms with Crippen molar-refractivity contribution in [3.63, 3.8) is 0 Å². The zero-order valence-electron chi connectivity index (χ0n) is 12.8. The lowest BCUT2D eigenvalue weighted by Crippen LogP contribution is -2.55. The standard InChI is InChI=1S/C16H16BrNO5/c1-3-23-16(21)12-14(20)13(19)9-6-7-10(17)15(22-2)11(9)18(12)8-4-5-8/h6-8,12H,3-5H2,1-2H3. The number of ether oxygens (including phenoxy) is 2. The summed E-state index contributed by atoms with van der Waals surface area (Å²) < 4.78 is 11.1. The molecule has 1 fully saturated rings. The molecular weight excluding hydrogens is 366 g/mol. The normalized spacial score (nSPS) is 20.3. The van der Waals surface area contributed by atoms with Crippen LogP contribution in [0, 0.1) is 0 Å². The molecule has 122 valence electrons. The van der Waals surface area contributed by atoms with E-state index in [-0.39, 0.29) is 18.2 Å². The third-order valence-corrected chi connectivity index (χ3v) is 4.62. The van der Waals surface area contributed by atoms with Crippen molar-refractivity contribution >= 4 is 39.2 Å². The maximum Gasteiger partial charge on any atom is 0.337 e. The molecular formula is C16H16BrNO5. The summed E-state index contributed by atoms with van der Waals surface area (Å²) in [5, 5.41) is 0. The van der Waals surface area contributed by atoms with E-state index in [4.69, 9.17) is 9.47 Å². The first-order valence-electron chi connectivity index (χ1n) is 7.41. The highest BCUT2D eigenvalue weighted by Gasteiger charge is 2.50. The second-order valence-electron chi connectivity index (χ2n) is 5.46. The summed E-state index contributed by atoms with van der Waals surface area (Å²) in [6.07, 6.45) is 1.71. The number of carbonyl (C=O) groups excluding carboxylic acids is 3. The van der Waals surface area contributed by atoms with Gasteiger partial charge in [-0.05, 0) is 47.8 Å². The van der Waals surface area contributed by atoms with Gasteiger partial charge in [0.15, 0.2) is 11.8 Å². The fourth-order valence-corrected chi connectivity index (χ4v) is 3.36. The van der Waals surface area contributed by atoms with E-state index < -0.39 is 23.6 Å². The smallest absolute Gasteiger partial charge is 0.337 e. The van der Waals surface area contributed by atoms with E-state index in [9.17, 15) is 14.4 Å². The molecule has 23 heavy (non-hydrogen) atoms. The lowest BCUT2D eigenvalue weighted by Gasteiger charge is -2.36. The largest absolute Gasteiger partial charge is 0.493 e. The number of methoxy groups -OCH3 is 1. The fraction of sp³-hybridized carbons (Fsp3) is 0.438. The number of Topliss-reactive ketones (excluding diaryl/α,β-unsaturated/α-hetero) is 2. The fourth-order valence-electron chi connectivity index (χ4n) is 2.88. The molecule has 0 radical (unpaired) electrons. The van der Waals surface area contributed by atoms with Gasteiger partial charge in [-0.1, -0.05) is 0 Å². The summed E-state index contributed by atoms with van der Waals surface area (Å²) >= 11 is 3.39. The van der Waals surface area contributed by atoms with Crippen molar-refractivity contribution < 1.29 is 23.9 Å². The molecule has 3 rings (SSSR count). The van der Waals surface area contributed by atoms with Crippen molar-refractivity contribution in [2.24, 2.45) is 0 Å². The predicted octanol–water partition coefficient (Wildman–Crippen LogP) is 2.12. The van der Waals surface area contributed by atoms with Crippen molar-refractivity contribution in [1.82, 2.24) is 0 Å². The molecule has 0 bridgehead atoms. The van der Waals surface area contributed by atoms with Crippen LogP contribution in [0.5, 0.6) is 5.75 Å². The number of benzene rings is 1. The Morgan fingerprint density at radius 1 is 1.35 bits per heavy atom. The highest BCUT2D eigenvalue weighted by molar-refractivity contribution is 9.10. The second-order valence-corrected chi connectivity index (χ2v) is 6.32. The molecule has 0 N–H and O–H groups in total. The number of halogens is 1. The molecule has 1 atom stereocenters. The van der Waals surface area contributed by atoms with Gasteiger partial charge in [-0.2, -0.15) is 0 Å². The maximum atomic E-state index is 12.5. The van der Waals surface area contributed by atoms with E-state index in [1.165, 1.54) is 7.11 Å². The van der Waals surface area contributed by atoms with Gasteiger partial charge in [0.2, 0.25) is 11.6 Å². The topological polar surface area (TPSA) is 72.9 Å². The number of hydrogen-bond donors (Lipinski definition) is 0. The van der Waals surface area contributed by atoms with E-state index >= 15 is 0 Å².